The second kappa shape index (κ2) is 5.20. The van der Waals surface area contributed by atoms with E-state index in [2.05, 4.69) is 37.6 Å². The van der Waals surface area contributed by atoms with Crippen molar-refractivity contribution in [1.82, 2.24) is 9.97 Å². The summed E-state index contributed by atoms with van der Waals surface area (Å²) in [6, 6.07) is 0.121. The maximum atomic E-state index is 9.64. The molecule has 20 heavy (non-hydrogen) atoms. The Bertz CT molecular complexity index is 495. The molecule has 0 saturated carbocycles. The zero-order valence-corrected chi connectivity index (χ0v) is 13.1. The fraction of sp³-hybridized carbons (Fsp3) is 0.733. The molecule has 0 bridgehead atoms. The van der Waals surface area contributed by atoms with Crippen LogP contribution < -0.4 is 10.6 Å². The standard InChI is InChI=1S/C15H26N4O/c1-9-6-7-19(11(9)8-20)13-10(2)12(16)17-14(18-13)15(3,4)5/h9,11,20H,6-8H2,1-5H3,(H2,16,17,18). The molecule has 3 N–H and O–H groups in total. The molecule has 0 radical (unpaired) electrons. The van der Waals surface area contributed by atoms with E-state index in [-0.39, 0.29) is 18.1 Å². The van der Waals surface area contributed by atoms with Gasteiger partial charge in [-0.25, -0.2) is 9.97 Å². The van der Waals surface area contributed by atoms with Gasteiger partial charge in [-0.2, -0.15) is 0 Å². The third-order valence-electron chi connectivity index (χ3n) is 4.17. The Hall–Kier alpha value is -1.36. The quantitative estimate of drug-likeness (QED) is 0.864. The number of aliphatic hydroxyl groups excluding tert-OH is 1. The molecular formula is C15H26N4O. The highest BCUT2D eigenvalue weighted by atomic mass is 16.3. The van der Waals surface area contributed by atoms with E-state index in [0.717, 1.165) is 30.2 Å². The molecule has 5 nitrogen and oxygen atoms in total. The molecule has 2 rings (SSSR count). The van der Waals surface area contributed by atoms with Crippen LogP contribution in [0, 0.1) is 12.8 Å². The van der Waals surface area contributed by atoms with E-state index in [1.54, 1.807) is 0 Å². The number of nitrogens with two attached hydrogens (primary N) is 1. The van der Waals surface area contributed by atoms with Crippen molar-refractivity contribution in [2.24, 2.45) is 5.92 Å². The van der Waals surface area contributed by atoms with Crippen molar-refractivity contribution in [3.8, 4) is 0 Å². The minimum Gasteiger partial charge on any atom is -0.394 e. The van der Waals surface area contributed by atoms with E-state index in [1.807, 2.05) is 6.92 Å². The molecule has 0 aliphatic carbocycles. The normalized spacial score (nSPS) is 23.4. The molecule has 1 aromatic rings. The SMILES string of the molecule is Cc1c(N)nc(C(C)(C)C)nc1N1CCC(C)C1CO. The van der Waals surface area contributed by atoms with Crippen LogP contribution in [0.4, 0.5) is 11.6 Å². The van der Waals surface area contributed by atoms with Gasteiger partial charge in [0.25, 0.3) is 0 Å². The molecule has 1 saturated heterocycles. The number of hydrogen-bond acceptors (Lipinski definition) is 5. The summed E-state index contributed by atoms with van der Waals surface area (Å²) >= 11 is 0. The zero-order valence-electron chi connectivity index (χ0n) is 13.1. The Kier molecular flexibility index (Phi) is 3.91. The predicted octanol–water partition coefficient (Wildman–Crippen LogP) is 1.87. The molecule has 0 aromatic carbocycles. The van der Waals surface area contributed by atoms with Gasteiger partial charge < -0.3 is 15.7 Å². The van der Waals surface area contributed by atoms with E-state index < -0.39 is 0 Å². The van der Waals surface area contributed by atoms with Crippen molar-refractivity contribution in [2.75, 3.05) is 23.8 Å². The van der Waals surface area contributed by atoms with Gasteiger partial charge in [-0.1, -0.05) is 27.7 Å². The Morgan fingerprint density at radius 1 is 1.35 bits per heavy atom. The van der Waals surface area contributed by atoms with Crippen LogP contribution in [0.5, 0.6) is 0 Å². The van der Waals surface area contributed by atoms with Crippen LogP contribution in [0.2, 0.25) is 0 Å². The summed E-state index contributed by atoms with van der Waals surface area (Å²) in [7, 11) is 0. The number of hydrogen-bond donors (Lipinski definition) is 2. The highest BCUT2D eigenvalue weighted by molar-refractivity contribution is 5.58. The molecule has 0 spiro atoms. The van der Waals surface area contributed by atoms with Crippen LogP contribution in [0.25, 0.3) is 0 Å². The molecule has 1 aromatic heterocycles. The van der Waals surface area contributed by atoms with Crippen LogP contribution in [-0.2, 0) is 5.41 Å². The van der Waals surface area contributed by atoms with Gasteiger partial charge in [0.1, 0.15) is 17.5 Å². The number of aliphatic hydroxyl groups is 1. The molecule has 1 aliphatic rings. The molecular weight excluding hydrogens is 252 g/mol. The summed E-state index contributed by atoms with van der Waals surface area (Å²) in [6.45, 7) is 11.4. The highest BCUT2D eigenvalue weighted by Gasteiger charge is 2.33. The first-order chi connectivity index (χ1) is 9.25. The van der Waals surface area contributed by atoms with Gasteiger partial charge in [-0.15, -0.1) is 0 Å². The van der Waals surface area contributed by atoms with Gasteiger partial charge in [-0.3, -0.25) is 0 Å². The number of aromatic nitrogens is 2. The predicted molar refractivity (Wildman–Crippen MR) is 81.9 cm³/mol. The summed E-state index contributed by atoms with van der Waals surface area (Å²) in [5, 5.41) is 9.64. The fourth-order valence-electron chi connectivity index (χ4n) is 2.69. The Morgan fingerprint density at radius 2 is 2.00 bits per heavy atom. The third-order valence-corrected chi connectivity index (χ3v) is 4.17. The van der Waals surface area contributed by atoms with E-state index in [4.69, 9.17) is 10.7 Å². The van der Waals surface area contributed by atoms with Gasteiger partial charge in [0.2, 0.25) is 0 Å². The van der Waals surface area contributed by atoms with E-state index in [1.165, 1.54) is 0 Å². The Balaban J connectivity index is 2.48. The topological polar surface area (TPSA) is 75.3 Å². The van der Waals surface area contributed by atoms with Crippen LogP contribution in [0.1, 0.15) is 45.5 Å². The number of rotatable bonds is 2. The average molecular weight is 278 g/mol. The summed E-state index contributed by atoms with van der Waals surface area (Å²) in [4.78, 5) is 11.4. The first kappa shape index (κ1) is 15.0. The summed E-state index contributed by atoms with van der Waals surface area (Å²) in [5.74, 6) is 2.64. The van der Waals surface area contributed by atoms with Crippen molar-refractivity contribution in [3.05, 3.63) is 11.4 Å². The lowest BCUT2D eigenvalue weighted by atomic mass is 9.95. The molecule has 0 amide bonds. The van der Waals surface area contributed by atoms with Crippen LogP contribution in [-0.4, -0.2) is 34.3 Å². The zero-order chi connectivity index (χ0) is 15.1. The average Bonchev–Trinajstić information content (AvgIpc) is 2.72. The molecule has 5 heteroatoms. The smallest absolute Gasteiger partial charge is 0.138 e. The van der Waals surface area contributed by atoms with Crippen molar-refractivity contribution < 1.29 is 5.11 Å². The Morgan fingerprint density at radius 3 is 2.55 bits per heavy atom. The highest BCUT2D eigenvalue weighted by Crippen LogP contribution is 2.33. The number of nitrogen functional groups attached to an aromatic ring is 1. The van der Waals surface area contributed by atoms with Gasteiger partial charge >= 0.3 is 0 Å². The number of anilines is 2. The van der Waals surface area contributed by atoms with Crippen molar-refractivity contribution in [1.29, 1.82) is 0 Å². The second-order valence-electron chi connectivity index (χ2n) is 6.84. The molecule has 112 valence electrons. The molecule has 2 atom stereocenters. The van der Waals surface area contributed by atoms with Crippen LogP contribution >= 0.6 is 0 Å². The summed E-state index contributed by atoms with van der Waals surface area (Å²) < 4.78 is 0. The largest absolute Gasteiger partial charge is 0.394 e. The Labute approximate surface area is 121 Å². The molecule has 2 unspecified atom stereocenters. The van der Waals surface area contributed by atoms with E-state index in [9.17, 15) is 5.11 Å². The van der Waals surface area contributed by atoms with Crippen molar-refractivity contribution in [2.45, 2.75) is 52.5 Å². The van der Waals surface area contributed by atoms with E-state index >= 15 is 0 Å². The monoisotopic (exact) mass is 278 g/mol. The van der Waals surface area contributed by atoms with Gasteiger partial charge in [0, 0.05) is 17.5 Å². The minimum absolute atomic E-state index is 0.121. The lowest BCUT2D eigenvalue weighted by Crippen LogP contribution is -2.37. The second-order valence-corrected chi connectivity index (χ2v) is 6.84. The first-order valence-corrected chi connectivity index (χ1v) is 7.27. The molecule has 2 heterocycles. The van der Waals surface area contributed by atoms with Crippen LogP contribution in [0.15, 0.2) is 0 Å². The first-order valence-electron chi connectivity index (χ1n) is 7.27. The molecule has 1 fully saturated rings. The maximum Gasteiger partial charge on any atom is 0.138 e. The van der Waals surface area contributed by atoms with Crippen molar-refractivity contribution >= 4 is 11.6 Å². The van der Waals surface area contributed by atoms with Gasteiger partial charge in [0.05, 0.1) is 12.6 Å². The minimum atomic E-state index is -0.142. The van der Waals surface area contributed by atoms with Gasteiger partial charge in [-0.05, 0) is 19.3 Å². The summed E-state index contributed by atoms with van der Waals surface area (Å²) in [6.07, 6.45) is 1.07. The van der Waals surface area contributed by atoms with Gasteiger partial charge in [0.15, 0.2) is 0 Å². The lowest BCUT2D eigenvalue weighted by Gasteiger charge is -2.29. The third kappa shape index (κ3) is 2.59. The maximum absolute atomic E-state index is 9.64. The lowest BCUT2D eigenvalue weighted by molar-refractivity contribution is 0.244. The summed E-state index contributed by atoms with van der Waals surface area (Å²) in [5.41, 5.74) is 6.83. The number of nitrogens with zero attached hydrogens (tertiary/aromatic N) is 3. The molecule has 1 aliphatic heterocycles. The van der Waals surface area contributed by atoms with Crippen LogP contribution in [0.3, 0.4) is 0 Å². The van der Waals surface area contributed by atoms with Crippen molar-refractivity contribution in [3.63, 3.8) is 0 Å². The van der Waals surface area contributed by atoms with E-state index in [0.29, 0.717) is 11.7 Å². The fourth-order valence-corrected chi connectivity index (χ4v) is 2.69.